The summed E-state index contributed by atoms with van der Waals surface area (Å²) in [4.78, 5) is 6.80. The lowest BCUT2D eigenvalue weighted by molar-refractivity contribution is 0.822. The summed E-state index contributed by atoms with van der Waals surface area (Å²) in [5.41, 5.74) is 11.7. The van der Waals surface area contributed by atoms with Crippen molar-refractivity contribution in [2.75, 3.05) is 19.0 Å². The molecule has 0 spiro atoms. The van der Waals surface area contributed by atoms with Crippen LogP contribution in [-0.2, 0) is 0 Å². The molecule has 0 bridgehead atoms. The number of benzene rings is 1. The molecule has 0 aliphatic rings. The number of anilines is 1. The molecule has 0 amide bonds. The molecule has 0 saturated carbocycles. The molecular weight excluding hydrogens is 222 g/mol. The minimum Gasteiger partial charge on any atom is -0.377 e. The molecule has 0 saturated heterocycles. The minimum atomic E-state index is -0.00304. The van der Waals surface area contributed by atoms with Gasteiger partial charge in [0.2, 0.25) is 0 Å². The van der Waals surface area contributed by atoms with E-state index in [9.17, 15) is 0 Å². The van der Waals surface area contributed by atoms with Crippen LogP contribution in [0.2, 0.25) is 0 Å². The molecule has 1 aromatic carbocycles. The second-order valence-corrected chi connectivity index (χ2v) is 5.22. The van der Waals surface area contributed by atoms with Crippen molar-refractivity contribution >= 4 is 16.6 Å². The van der Waals surface area contributed by atoms with Crippen LogP contribution in [0.15, 0.2) is 18.2 Å². The van der Waals surface area contributed by atoms with Crippen molar-refractivity contribution in [1.82, 2.24) is 4.98 Å². The number of pyridine rings is 1. The SMILES string of the molecule is Cc1cc(C(C)N)c2nc(C)cc(N(C)C)c2c1. The van der Waals surface area contributed by atoms with Gasteiger partial charge in [0.25, 0.3) is 0 Å². The molecular formula is C15H21N3. The topological polar surface area (TPSA) is 42.1 Å². The van der Waals surface area contributed by atoms with Crippen molar-refractivity contribution in [1.29, 1.82) is 0 Å². The number of nitrogens with two attached hydrogens (primary N) is 1. The van der Waals surface area contributed by atoms with Gasteiger partial charge in [-0.1, -0.05) is 6.07 Å². The fourth-order valence-electron chi connectivity index (χ4n) is 2.33. The third-order valence-corrected chi connectivity index (χ3v) is 3.17. The molecule has 0 aliphatic carbocycles. The second-order valence-electron chi connectivity index (χ2n) is 5.22. The lowest BCUT2D eigenvalue weighted by atomic mass is 9.99. The number of hydrogen-bond acceptors (Lipinski definition) is 3. The first-order valence-corrected chi connectivity index (χ1v) is 6.25. The Morgan fingerprint density at radius 1 is 1.17 bits per heavy atom. The third kappa shape index (κ3) is 2.18. The molecule has 2 aromatic rings. The van der Waals surface area contributed by atoms with E-state index in [1.54, 1.807) is 0 Å². The maximum atomic E-state index is 6.07. The first kappa shape index (κ1) is 12.8. The van der Waals surface area contributed by atoms with Crippen molar-refractivity contribution in [3.63, 3.8) is 0 Å². The molecule has 2 rings (SSSR count). The standard InChI is InChI=1S/C15H21N3/c1-9-6-12(11(3)16)15-13(7-9)14(18(4)5)8-10(2)17-15/h6-8,11H,16H2,1-5H3. The summed E-state index contributed by atoms with van der Waals surface area (Å²) in [6.45, 7) is 6.13. The molecule has 0 fully saturated rings. The van der Waals surface area contributed by atoms with Crippen molar-refractivity contribution in [2.45, 2.75) is 26.8 Å². The fraction of sp³-hybridized carbons (Fsp3) is 0.400. The van der Waals surface area contributed by atoms with Crippen molar-refractivity contribution in [2.24, 2.45) is 5.73 Å². The number of aryl methyl sites for hydroxylation is 2. The second kappa shape index (κ2) is 4.58. The highest BCUT2D eigenvalue weighted by Gasteiger charge is 2.12. The van der Waals surface area contributed by atoms with Crippen LogP contribution >= 0.6 is 0 Å². The Kier molecular flexibility index (Phi) is 3.26. The molecule has 18 heavy (non-hydrogen) atoms. The fourth-order valence-corrected chi connectivity index (χ4v) is 2.33. The van der Waals surface area contributed by atoms with Crippen molar-refractivity contribution < 1.29 is 0 Å². The number of nitrogens with zero attached hydrogens (tertiary/aromatic N) is 2. The molecule has 96 valence electrons. The Labute approximate surface area is 109 Å². The summed E-state index contributed by atoms with van der Waals surface area (Å²) < 4.78 is 0. The highest BCUT2D eigenvalue weighted by Crippen LogP contribution is 2.30. The molecule has 1 unspecified atom stereocenters. The number of fused-ring (bicyclic) bond motifs is 1. The summed E-state index contributed by atoms with van der Waals surface area (Å²) in [5, 5.41) is 1.18. The Morgan fingerprint density at radius 3 is 2.39 bits per heavy atom. The van der Waals surface area contributed by atoms with E-state index in [1.165, 1.54) is 16.6 Å². The van der Waals surface area contributed by atoms with Crippen LogP contribution in [-0.4, -0.2) is 19.1 Å². The Balaban J connectivity index is 2.89. The zero-order chi connectivity index (χ0) is 13.4. The van der Waals surface area contributed by atoms with Crippen LogP contribution in [0, 0.1) is 13.8 Å². The van der Waals surface area contributed by atoms with Crippen LogP contribution in [0.25, 0.3) is 10.9 Å². The van der Waals surface area contributed by atoms with Gasteiger partial charge in [0.15, 0.2) is 0 Å². The van der Waals surface area contributed by atoms with Crippen LogP contribution in [0.4, 0.5) is 5.69 Å². The summed E-state index contributed by atoms with van der Waals surface area (Å²) >= 11 is 0. The van der Waals surface area contributed by atoms with Gasteiger partial charge in [0.1, 0.15) is 0 Å². The van der Waals surface area contributed by atoms with E-state index in [-0.39, 0.29) is 6.04 Å². The maximum Gasteiger partial charge on any atom is 0.0773 e. The highest BCUT2D eigenvalue weighted by atomic mass is 15.1. The van der Waals surface area contributed by atoms with Gasteiger partial charge >= 0.3 is 0 Å². The van der Waals surface area contributed by atoms with Gasteiger partial charge in [0.05, 0.1) is 5.52 Å². The average Bonchev–Trinajstić information content (AvgIpc) is 2.27. The maximum absolute atomic E-state index is 6.07. The van der Waals surface area contributed by atoms with Crippen molar-refractivity contribution in [3.05, 3.63) is 35.0 Å². The number of aromatic nitrogens is 1. The lowest BCUT2D eigenvalue weighted by Gasteiger charge is -2.19. The molecule has 0 aliphatic heterocycles. The summed E-state index contributed by atoms with van der Waals surface area (Å²) in [6, 6.07) is 6.44. The zero-order valence-electron chi connectivity index (χ0n) is 11.8. The van der Waals surface area contributed by atoms with Crippen LogP contribution in [0.1, 0.15) is 29.8 Å². The van der Waals surface area contributed by atoms with Crippen LogP contribution in [0.3, 0.4) is 0 Å². The third-order valence-electron chi connectivity index (χ3n) is 3.17. The average molecular weight is 243 g/mol. The Morgan fingerprint density at radius 2 is 1.83 bits per heavy atom. The van der Waals surface area contributed by atoms with E-state index < -0.39 is 0 Å². The summed E-state index contributed by atoms with van der Waals surface area (Å²) in [6.07, 6.45) is 0. The van der Waals surface area contributed by atoms with E-state index in [0.717, 1.165) is 16.8 Å². The molecule has 1 atom stereocenters. The van der Waals surface area contributed by atoms with E-state index in [0.29, 0.717) is 0 Å². The van der Waals surface area contributed by atoms with Gasteiger partial charge in [-0.15, -0.1) is 0 Å². The van der Waals surface area contributed by atoms with Crippen LogP contribution < -0.4 is 10.6 Å². The zero-order valence-corrected chi connectivity index (χ0v) is 11.8. The highest BCUT2D eigenvalue weighted by molar-refractivity contribution is 5.94. The van der Waals surface area contributed by atoms with E-state index in [4.69, 9.17) is 5.73 Å². The molecule has 2 N–H and O–H groups in total. The number of rotatable bonds is 2. The Bertz CT molecular complexity index is 533. The quantitative estimate of drug-likeness (QED) is 0.881. The lowest BCUT2D eigenvalue weighted by Crippen LogP contribution is -2.12. The minimum absolute atomic E-state index is 0.00304. The van der Waals surface area contributed by atoms with Crippen LogP contribution in [0.5, 0.6) is 0 Å². The predicted octanol–water partition coefficient (Wildman–Crippen LogP) is 2.94. The molecule has 3 heteroatoms. The van der Waals surface area contributed by atoms with E-state index in [1.807, 2.05) is 13.8 Å². The van der Waals surface area contributed by atoms with Crippen molar-refractivity contribution in [3.8, 4) is 0 Å². The summed E-state index contributed by atoms with van der Waals surface area (Å²) in [7, 11) is 4.12. The van der Waals surface area contributed by atoms with E-state index in [2.05, 4.69) is 49.1 Å². The first-order chi connectivity index (χ1) is 8.40. The smallest absolute Gasteiger partial charge is 0.0773 e. The van der Waals surface area contributed by atoms with Gasteiger partial charge in [0, 0.05) is 36.9 Å². The molecule has 1 aromatic heterocycles. The normalized spacial score (nSPS) is 12.8. The Hall–Kier alpha value is -1.61. The van der Waals surface area contributed by atoms with Gasteiger partial charge in [-0.3, -0.25) is 4.98 Å². The summed E-state index contributed by atoms with van der Waals surface area (Å²) in [5.74, 6) is 0. The largest absolute Gasteiger partial charge is 0.377 e. The van der Waals surface area contributed by atoms with Gasteiger partial charge < -0.3 is 10.6 Å². The van der Waals surface area contributed by atoms with E-state index >= 15 is 0 Å². The molecule has 0 radical (unpaired) electrons. The monoisotopic (exact) mass is 243 g/mol. The molecule has 1 heterocycles. The first-order valence-electron chi connectivity index (χ1n) is 6.25. The molecule has 3 nitrogen and oxygen atoms in total. The van der Waals surface area contributed by atoms with Gasteiger partial charge in [-0.25, -0.2) is 0 Å². The van der Waals surface area contributed by atoms with Gasteiger partial charge in [-0.05, 0) is 44.0 Å². The van der Waals surface area contributed by atoms with Gasteiger partial charge in [-0.2, -0.15) is 0 Å². The number of hydrogen-bond donors (Lipinski definition) is 1. The predicted molar refractivity (Wildman–Crippen MR) is 78.1 cm³/mol.